The Labute approximate surface area is 122 Å². The number of carbonyl (C=O) groups is 1. The number of hydrogen-bond acceptors (Lipinski definition) is 4. The number of rotatable bonds is 5. The van der Waals surface area contributed by atoms with Crippen LogP contribution in [0.2, 0.25) is 0 Å². The second kappa shape index (κ2) is 5.75. The molecular weight excluding hydrogens is 264 g/mol. The fourth-order valence-corrected chi connectivity index (χ4v) is 2.37. The van der Waals surface area contributed by atoms with Gasteiger partial charge in [-0.1, -0.05) is 12.1 Å². The molecular formula is C16H16N4O. The Morgan fingerprint density at radius 3 is 2.81 bits per heavy atom. The van der Waals surface area contributed by atoms with Crippen molar-refractivity contribution >= 4 is 17.8 Å². The molecule has 0 bridgehead atoms. The monoisotopic (exact) mass is 280 g/mol. The van der Waals surface area contributed by atoms with Gasteiger partial charge in [0.15, 0.2) is 12.1 Å². The van der Waals surface area contributed by atoms with Gasteiger partial charge in [-0.2, -0.15) is 0 Å². The van der Waals surface area contributed by atoms with Gasteiger partial charge in [-0.25, -0.2) is 4.98 Å². The van der Waals surface area contributed by atoms with Crippen molar-refractivity contribution < 1.29 is 4.79 Å². The van der Waals surface area contributed by atoms with Crippen molar-refractivity contribution in [2.24, 2.45) is 0 Å². The van der Waals surface area contributed by atoms with Gasteiger partial charge in [0.05, 0.1) is 12.2 Å². The standard InChI is InChI=1S/C16H16N4O/c1-2-19(11-13-7-3-5-9-17-13)16-14(12-21)20-10-6-4-8-15(20)18-16/h3-10,12H,2,11H2,1H3. The molecule has 0 fully saturated rings. The number of aldehydes is 1. The van der Waals surface area contributed by atoms with Gasteiger partial charge in [-0.15, -0.1) is 0 Å². The quantitative estimate of drug-likeness (QED) is 0.674. The summed E-state index contributed by atoms with van der Waals surface area (Å²) in [6, 6.07) is 11.5. The molecule has 0 aliphatic heterocycles. The molecule has 0 aliphatic carbocycles. The first kappa shape index (κ1) is 13.3. The smallest absolute Gasteiger partial charge is 0.170 e. The van der Waals surface area contributed by atoms with Crippen molar-refractivity contribution in [1.29, 1.82) is 0 Å². The maximum Gasteiger partial charge on any atom is 0.170 e. The van der Waals surface area contributed by atoms with Crippen molar-refractivity contribution in [2.75, 3.05) is 11.4 Å². The van der Waals surface area contributed by atoms with Crippen molar-refractivity contribution in [3.8, 4) is 0 Å². The Bertz CT molecular complexity index is 751. The van der Waals surface area contributed by atoms with Crippen LogP contribution < -0.4 is 4.90 Å². The van der Waals surface area contributed by atoms with Gasteiger partial charge >= 0.3 is 0 Å². The molecule has 21 heavy (non-hydrogen) atoms. The molecule has 0 atom stereocenters. The van der Waals surface area contributed by atoms with Gasteiger partial charge in [0.2, 0.25) is 0 Å². The maximum atomic E-state index is 11.5. The number of aromatic nitrogens is 3. The SMILES string of the molecule is CCN(Cc1ccccn1)c1nc2ccccn2c1C=O. The van der Waals surface area contributed by atoms with Crippen molar-refractivity contribution in [2.45, 2.75) is 13.5 Å². The Morgan fingerprint density at radius 1 is 1.24 bits per heavy atom. The Hall–Kier alpha value is -2.69. The van der Waals surface area contributed by atoms with E-state index in [1.165, 1.54) is 0 Å². The second-order valence-corrected chi connectivity index (χ2v) is 4.70. The normalized spacial score (nSPS) is 10.7. The molecule has 0 radical (unpaired) electrons. The first-order valence-corrected chi connectivity index (χ1v) is 6.90. The average molecular weight is 280 g/mol. The van der Waals surface area contributed by atoms with Gasteiger partial charge in [0, 0.05) is 18.9 Å². The summed E-state index contributed by atoms with van der Waals surface area (Å²) in [5, 5.41) is 0. The molecule has 5 nitrogen and oxygen atoms in total. The zero-order valence-electron chi connectivity index (χ0n) is 11.8. The van der Waals surface area contributed by atoms with Gasteiger partial charge < -0.3 is 4.90 Å². The highest BCUT2D eigenvalue weighted by Crippen LogP contribution is 2.21. The molecule has 106 valence electrons. The van der Waals surface area contributed by atoms with Crippen LogP contribution in [-0.2, 0) is 6.54 Å². The molecule has 3 heterocycles. The fourth-order valence-electron chi connectivity index (χ4n) is 2.37. The van der Waals surface area contributed by atoms with E-state index in [9.17, 15) is 4.79 Å². The van der Waals surface area contributed by atoms with E-state index in [-0.39, 0.29) is 0 Å². The third kappa shape index (κ3) is 2.50. The lowest BCUT2D eigenvalue weighted by molar-refractivity contribution is 0.111. The minimum absolute atomic E-state index is 0.573. The van der Waals surface area contributed by atoms with Crippen LogP contribution in [0.1, 0.15) is 23.1 Å². The van der Waals surface area contributed by atoms with E-state index >= 15 is 0 Å². The third-order valence-corrected chi connectivity index (χ3v) is 3.42. The second-order valence-electron chi connectivity index (χ2n) is 4.70. The Kier molecular flexibility index (Phi) is 3.64. The molecule has 0 saturated carbocycles. The zero-order chi connectivity index (χ0) is 14.7. The first-order valence-electron chi connectivity index (χ1n) is 6.90. The number of pyridine rings is 2. The highest BCUT2D eigenvalue weighted by atomic mass is 16.1. The average Bonchev–Trinajstić information content (AvgIpc) is 2.92. The van der Waals surface area contributed by atoms with Crippen LogP contribution in [0.25, 0.3) is 5.65 Å². The number of hydrogen-bond donors (Lipinski definition) is 0. The predicted octanol–water partition coefficient (Wildman–Crippen LogP) is 2.57. The predicted molar refractivity (Wildman–Crippen MR) is 81.5 cm³/mol. The lowest BCUT2D eigenvalue weighted by atomic mass is 10.3. The topological polar surface area (TPSA) is 50.5 Å². The molecule has 3 aromatic heterocycles. The molecule has 5 heteroatoms. The number of nitrogens with zero attached hydrogens (tertiary/aromatic N) is 4. The van der Waals surface area contributed by atoms with Crippen molar-refractivity contribution in [1.82, 2.24) is 14.4 Å². The van der Waals surface area contributed by atoms with Gasteiger partial charge in [-0.3, -0.25) is 14.2 Å². The zero-order valence-corrected chi connectivity index (χ0v) is 11.8. The van der Waals surface area contributed by atoms with Crippen LogP contribution in [0.5, 0.6) is 0 Å². The van der Waals surface area contributed by atoms with E-state index in [1.807, 2.05) is 53.9 Å². The molecule has 0 amide bonds. The van der Waals surface area contributed by atoms with Crippen LogP contribution in [-0.4, -0.2) is 27.2 Å². The first-order chi connectivity index (χ1) is 10.3. The Morgan fingerprint density at radius 2 is 2.10 bits per heavy atom. The minimum Gasteiger partial charge on any atom is -0.349 e. The van der Waals surface area contributed by atoms with Gasteiger partial charge in [0.1, 0.15) is 11.3 Å². The Balaban J connectivity index is 2.02. The summed E-state index contributed by atoms with van der Waals surface area (Å²) < 4.78 is 1.81. The summed E-state index contributed by atoms with van der Waals surface area (Å²) in [6.45, 7) is 3.42. The van der Waals surface area contributed by atoms with E-state index in [2.05, 4.69) is 14.9 Å². The molecule has 0 spiro atoms. The molecule has 3 aromatic rings. The summed E-state index contributed by atoms with van der Waals surface area (Å²) in [7, 11) is 0. The van der Waals surface area contributed by atoms with Crippen LogP contribution in [0.3, 0.4) is 0 Å². The van der Waals surface area contributed by atoms with Crippen LogP contribution in [0.4, 0.5) is 5.82 Å². The van der Waals surface area contributed by atoms with E-state index in [1.54, 1.807) is 6.20 Å². The number of carbonyl (C=O) groups excluding carboxylic acids is 1. The van der Waals surface area contributed by atoms with Crippen molar-refractivity contribution in [3.05, 3.63) is 60.2 Å². The van der Waals surface area contributed by atoms with E-state index < -0.39 is 0 Å². The van der Waals surface area contributed by atoms with Crippen LogP contribution in [0.15, 0.2) is 48.8 Å². The third-order valence-electron chi connectivity index (χ3n) is 3.42. The highest BCUT2D eigenvalue weighted by molar-refractivity contribution is 5.83. The van der Waals surface area contributed by atoms with Gasteiger partial charge in [-0.05, 0) is 31.2 Å². The van der Waals surface area contributed by atoms with Crippen LogP contribution in [0, 0.1) is 0 Å². The number of imidazole rings is 1. The lowest BCUT2D eigenvalue weighted by Gasteiger charge is -2.20. The summed E-state index contributed by atoms with van der Waals surface area (Å²) in [6.07, 6.45) is 4.48. The minimum atomic E-state index is 0.573. The summed E-state index contributed by atoms with van der Waals surface area (Å²) >= 11 is 0. The summed E-state index contributed by atoms with van der Waals surface area (Å²) in [4.78, 5) is 22.4. The summed E-state index contributed by atoms with van der Waals surface area (Å²) in [5.74, 6) is 0.698. The van der Waals surface area contributed by atoms with E-state index in [0.717, 1.165) is 24.2 Å². The molecule has 0 aromatic carbocycles. The largest absolute Gasteiger partial charge is 0.349 e. The van der Waals surface area contributed by atoms with Gasteiger partial charge in [0.25, 0.3) is 0 Å². The van der Waals surface area contributed by atoms with Crippen LogP contribution >= 0.6 is 0 Å². The van der Waals surface area contributed by atoms with Crippen molar-refractivity contribution in [3.63, 3.8) is 0 Å². The summed E-state index contributed by atoms with van der Waals surface area (Å²) in [5.41, 5.74) is 2.30. The molecule has 0 aliphatic rings. The fraction of sp³-hybridized carbons (Fsp3) is 0.188. The molecule has 3 rings (SSSR count). The lowest BCUT2D eigenvalue weighted by Crippen LogP contribution is -2.24. The number of fused-ring (bicyclic) bond motifs is 1. The molecule has 0 N–H and O–H groups in total. The molecule has 0 saturated heterocycles. The molecule has 0 unspecified atom stereocenters. The van der Waals surface area contributed by atoms with E-state index in [0.29, 0.717) is 18.1 Å². The highest BCUT2D eigenvalue weighted by Gasteiger charge is 2.17. The number of anilines is 1. The maximum absolute atomic E-state index is 11.5. The van der Waals surface area contributed by atoms with E-state index in [4.69, 9.17) is 0 Å².